The number of carbonyl (C=O) groups is 1. The summed E-state index contributed by atoms with van der Waals surface area (Å²) in [6.07, 6.45) is 1.76. The highest BCUT2D eigenvalue weighted by atomic mass is 16.6. The van der Waals surface area contributed by atoms with Gasteiger partial charge >= 0.3 is 5.97 Å². The molecule has 0 spiro atoms. The Hall–Kier alpha value is -3.64. The van der Waals surface area contributed by atoms with Crippen LogP contribution in [0.25, 0.3) is 0 Å². The smallest absolute Gasteiger partial charge is 0.343 e. The average Bonchev–Trinajstić information content (AvgIpc) is 2.84. The summed E-state index contributed by atoms with van der Waals surface area (Å²) in [4.78, 5) is 19.2. The lowest BCUT2D eigenvalue weighted by Gasteiger charge is -2.28. The van der Waals surface area contributed by atoms with Gasteiger partial charge in [0, 0.05) is 25.0 Å². The van der Waals surface area contributed by atoms with E-state index in [0.29, 0.717) is 17.1 Å². The molecule has 1 saturated heterocycles. The van der Waals surface area contributed by atoms with E-state index in [1.165, 1.54) is 5.69 Å². The van der Waals surface area contributed by atoms with E-state index < -0.39 is 5.97 Å². The molecule has 0 atom stereocenters. The molecule has 158 valence electrons. The number of morpholine rings is 1. The third-order valence-electron chi connectivity index (χ3n) is 4.99. The molecule has 0 bridgehead atoms. The summed E-state index contributed by atoms with van der Waals surface area (Å²) >= 11 is 0. The second-order valence-electron chi connectivity index (χ2n) is 7.04. The van der Waals surface area contributed by atoms with Gasteiger partial charge in [-0.3, -0.25) is 4.99 Å². The van der Waals surface area contributed by atoms with Crippen LogP contribution in [0.3, 0.4) is 0 Å². The van der Waals surface area contributed by atoms with Crippen molar-refractivity contribution in [2.24, 2.45) is 4.99 Å². The highest BCUT2D eigenvalue weighted by molar-refractivity contribution is 5.91. The Labute approximate surface area is 181 Å². The normalized spacial score (nSPS) is 13.9. The highest BCUT2D eigenvalue weighted by Gasteiger charge is 2.13. The minimum Gasteiger partial charge on any atom is -0.493 e. The Morgan fingerprint density at radius 2 is 1.71 bits per heavy atom. The number of carbonyl (C=O) groups excluding carboxylic acids is 1. The van der Waals surface area contributed by atoms with Crippen LogP contribution < -0.4 is 14.4 Å². The predicted octanol–water partition coefficient (Wildman–Crippen LogP) is 4.50. The van der Waals surface area contributed by atoms with Crippen LogP contribution in [-0.2, 0) is 4.74 Å². The van der Waals surface area contributed by atoms with Crippen LogP contribution in [-0.4, -0.2) is 45.6 Å². The Balaban J connectivity index is 1.43. The van der Waals surface area contributed by atoms with E-state index in [0.717, 1.165) is 37.6 Å². The minimum atomic E-state index is -0.430. The van der Waals surface area contributed by atoms with Gasteiger partial charge in [0.25, 0.3) is 0 Å². The SMILES string of the molecule is COc1cc(C=Nc2ccc(N3CCOCC3)cc2)ccc1OC(=O)c1ccccc1. The molecule has 6 nitrogen and oxygen atoms in total. The standard InChI is InChI=1S/C25H24N2O4/c1-29-24-17-19(7-12-23(24)31-25(28)20-5-3-2-4-6-20)18-26-21-8-10-22(11-9-21)27-13-15-30-16-14-27/h2-12,17-18H,13-16H2,1H3. The molecule has 0 radical (unpaired) electrons. The Morgan fingerprint density at radius 3 is 2.42 bits per heavy atom. The van der Waals surface area contributed by atoms with Crippen LogP contribution in [0.4, 0.5) is 11.4 Å². The summed E-state index contributed by atoms with van der Waals surface area (Å²) in [6, 6.07) is 22.3. The fourth-order valence-electron chi connectivity index (χ4n) is 3.30. The van der Waals surface area contributed by atoms with Crippen molar-refractivity contribution in [2.45, 2.75) is 0 Å². The monoisotopic (exact) mass is 416 g/mol. The van der Waals surface area contributed by atoms with Crippen molar-refractivity contribution in [1.82, 2.24) is 0 Å². The van der Waals surface area contributed by atoms with Crippen LogP contribution in [0.15, 0.2) is 77.8 Å². The largest absolute Gasteiger partial charge is 0.493 e. The summed E-state index contributed by atoms with van der Waals surface area (Å²) in [5, 5.41) is 0. The summed E-state index contributed by atoms with van der Waals surface area (Å²) in [7, 11) is 1.54. The van der Waals surface area contributed by atoms with Gasteiger partial charge in [0.2, 0.25) is 0 Å². The van der Waals surface area contributed by atoms with Gasteiger partial charge in [0.15, 0.2) is 11.5 Å². The zero-order valence-electron chi connectivity index (χ0n) is 17.4. The number of anilines is 1. The summed E-state index contributed by atoms with van der Waals surface area (Å²) in [6.45, 7) is 3.34. The molecule has 1 aliphatic rings. The first-order valence-corrected chi connectivity index (χ1v) is 10.1. The van der Waals surface area contributed by atoms with Gasteiger partial charge in [-0.15, -0.1) is 0 Å². The fourth-order valence-corrected chi connectivity index (χ4v) is 3.30. The second-order valence-corrected chi connectivity index (χ2v) is 7.04. The molecule has 1 fully saturated rings. The molecule has 0 N–H and O–H groups in total. The molecule has 31 heavy (non-hydrogen) atoms. The van der Waals surface area contributed by atoms with Gasteiger partial charge in [-0.25, -0.2) is 4.79 Å². The first-order chi connectivity index (χ1) is 15.2. The number of benzene rings is 3. The minimum absolute atomic E-state index is 0.364. The van der Waals surface area contributed by atoms with Crippen molar-refractivity contribution in [1.29, 1.82) is 0 Å². The summed E-state index contributed by atoms with van der Waals surface area (Å²) in [5.41, 5.74) is 3.35. The molecule has 1 aliphatic heterocycles. The van der Waals surface area contributed by atoms with E-state index in [2.05, 4.69) is 22.0 Å². The van der Waals surface area contributed by atoms with Gasteiger partial charge in [0.05, 0.1) is 31.6 Å². The van der Waals surface area contributed by atoms with Gasteiger partial charge in [-0.1, -0.05) is 18.2 Å². The molecule has 0 amide bonds. The maximum absolute atomic E-state index is 12.3. The zero-order chi connectivity index (χ0) is 21.5. The van der Waals surface area contributed by atoms with E-state index >= 15 is 0 Å². The molecule has 0 aliphatic carbocycles. The van der Waals surface area contributed by atoms with Crippen LogP contribution in [0.2, 0.25) is 0 Å². The Bertz CT molecular complexity index is 1040. The van der Waals surface area contributed by atoms with Crippen LogP contribution >= 0.6 is 0 Å². The average molecular weight is 416 g/mol. The van der Waals surface area contributed by atoms with E-state index in [1.54, 1.807) is 49.7 Å². The van der Waals surface area contributed by atoms with Gasteiger partial charge in [-0.05, 0) is 60.2 Å². The maximum atomic E-state index is 12.3. The van der Waals surface area contributed by atoms with Crippen molar-refractivity contribution in [3.8, 4) is 11.5 Å². The van der Waals surface area contributed by atoms with Crippen LogP contribution in [0.5, 0.6) is 11.5 Å². The second kappa shape index (κ2) is 9.91. The zero-order valence-corrected chi connectivity index (χ0v) is 17.4. The predicted molar refractivity (Wildman–Crippen MR) is 121 cm³/mol. The molecule has 3 aromatic carbocycles. The number of esters is 1. The topological polar surface area (TPSA) is 60.4 Å². The number of ether oxygens (including phenoxy) is 3. The first kappa shape index (κ1) is 20.6. The third-order valence-corrected chi connectivity index (χ3v) is 4.99. The number of nitrogens with zero attached hydrogens (tertiary/aromatic N) is 2. The lowest BCUT2D eigenvalue weighted by atomic mass is 10.2. The fraction of sp³-hybridized carbons (Fsp3) is 0.200. The van der Waals surface area contributed by atoms with E-state index in [-0.39, 0.29) is 0 Å². The lowest BCUT2D eigenvalue weighted by Crippen LogP contribution is -2.36. The molecule has 0 saturated carbocycles. The maximum Gasteiger partial charge on any atom is 0.343 e. The number of methoxy groups -OCH3 is 1. The van der Waals surface area contributed by atoms with E-state index in [4.69, 9.17) is 14.2 Å². The molecule has 6 heteroatoms. The summed E-state index contributed by atoms with van der Waals surface area (Å²) in [5.74, 6) is 0.403. The molecule has 0 aromatic heterocycles. The number of hydrogen-bond acceptors (Lipinski definition) is 6. The molecule has 1 heterocycles. The van der Waals surface area contributed by atoms with Crippen molar-refractivity contribution in [3.63, 3.8) is 0 Å². The number of aliphatic imine (C=N–C) groups is 1. The van der Waals surface area contributed by atoms with Crippen molar-refractivity contribution in [3.05, 3.63) is 83.9 Å². The quantitative estimate of drug-likeness (QED) is 0.336. The van der Waals surface area contributed by atoms with Gasteiger partial charge < -0.3 is 19.1 Å². The van der Waals surface area contributed by atoms with Gasteiger partial charge in [0.1, 0.15) is 0 Å². The Kier molecular flexibility index (Phi) is 6.59. The third kappa shape index (κ3) is 5.29. The molecule has 4 rings (SSSR count). The van der Waals surface area contributed by atoms with Gasteiger partial charge in [-0.2, -0.15) is 0 Å². The molecular formula is C25H24N2O4. The molecule has 3 aromatic rings. The van der Waals surface area contributed by atoms with Crippen molar-refractivity contribution in [2.75, 3.05) is 38.3 Å². The van der Waals surface area contributed by atoms with Crippen LogP contribution in [0, 0.1) is 0 Å². The first-order valence-electron chi connectivity index (χ1n) is 10.1. The number of rotatable bonds is 6. The molecule has 0 unspecified atom stereocenters. The number of hydrogen-bond donors (Lipinski definition) is 0. The Morgan fingerprint density at radius 1 is 0.968 bits per heavy atom. The highest BCUT2D eigenvalue weighted by Crippen LogP contribution is 2.29. The molecular weight excluding hydrogens is 392 g/mol. The van der Waals surface area contributed by atoms with Crippen LogP contribution in [0.1, 0.15) is 15.9 Å². The lowest BCUT2D eigenvalue weighted by molar-refractivity contribution is 0.0729. The van der Waals surface area contributed by atoms with E-state index in [1.807, 2.05) is 24.3 Å². The van der Waals surface area contributed by atoms with Crippen molar-refractivity contribution >= 4 is 23.6 Å². The summed E-state index contributed by atoms with van der Waals surface area (Å²) < 4.78 is 16.3. The van der Waals surface area contributed by atoms with Crippen molar-refractivity contribution < 1.29 is 19.0 Å². The van der Waals surface area contributed by atoms with E-state index in [9.17, 15) is 4.79 Å².